The average molecular weight is 266 g/mol. The summed E-state index contributed by atoms with van der Waals surface area (Å²) in [5.74, 6) is 0.929. The molecule has 0 spiro atoms. The third kappa shape index (κ3) is 2.96. The smallest absolute Gasteiger partial charge is 0.135 e. The van der Waals surface area contributed by atoms with Gasteiger partial charge >= 0.3 is 0 Å². The fourth-order valence-electron chi connectivity index (χ4n) is 1.55. The van der Waals surface area contributed by atoms with Gasteiger partial charge in [-0.05, 0) is 24.6 Å². The Labute approximate surface area is 110 Å². The minimum atomic E-state index is -0.293. The van der Waals surface area contributed by atoms with Crippen LogP contribution in [-0.4, -0.2) is 9.97 Å². The van der Waals surface area contributed by atoms with Gasteiger partial charge in [-0.1, -0.05) is 24.6 Å². The molecule has 0 bridgehead atoms. The zero-order chi connectivity index (χ0) is 13.1. The second kappa shape index (κ2) is 5.31. The van der Waals surface area contributed by atoms with E-state index in [0.29, 0.717) is 28.9 Å². The molecule has 3 nitrogen and oxygen atoms in total. The number of aromatic nitrogens is 2. The van der Waals surface area contributed by atoms with E-state index in [2.05, 4.69) is 15.3 Å². The molecule has 5 heteroatoms. The summed E-state index contributed by atoms with van der Waals surface area (Å²) in [6.07, 6.45) is 0.692. The van der Waals surface area contributed by atoms with Crippen LogP contribution in [0.1, 0.15) is 18.3 Å². The van der Waals surface area contributed by atoms with Crippen molar-refractivity contribution in [2.24, 2.45) is 0 Å². The fraction of sp³-hybridized carbons (Fsp3) is 0.231. The summed E-state index contributed by atoms with van der Waals surface area (Å²) in [5.41, 5.74) is 1.61. The Kier molecular flexibility index (Phi) is 3.77. The number of rotatable bonds is 3. The molecule has 0 saturated heterocycles. The lowest BCUT2D eigenvalue weighted by atomic mass is 10.2. The van der Waals surface area contributed by atoms with Gasteiger partial charge in [-0.25, -0.2) is 14.4 Å². The van der Waals surface area contributed by atoms with E-state index in [1.165, 1.54) is 12.1 Å². The highest BCUT2D eigenvalue weighted by molar-refractivity contribution is 6.29. The van der Waals surface area contributed by atoms with E-state index in [4.69, 9.17) is 11.6 Å². The van der Waals surface area contributed by atoms with Gasteiger partial charge in [-0.3, -0.25) is 0 Å². The van der Waals surface area contributed by atoms with Gasteiger partial charge in [-0.2, -0.15) is 0 Å². The Hall–Kier alpha value is -1.68. The van der Waals surface area contributed by atoms with Crippen molar-refractivity contribution in [2.45, 2.75) is 20.3 Å². The van der Waals surface area contributed by atoms with Crippen molar-refractivity contribution in [3.8, 4) is 0 Å². The maximum absolute atomic E-state index is 13.2. The van der Waals surface area contributed by atoms with Gasteiger partial charge in [-0.15, -0.1) is 0 Å². The summed E-state index contributed by atoms with van der Waals surface area (Å²) in [6, 6.07) is 6.17. The molecule has 1 aromatic carbocycles. The van der Waals surface area contributed by atoms with E-state index >= 15 is 0 Å². The van der Waals surface area contributed by atoms with Crippen LogP contribution in [0.25, 0.3) is 0 Å². The monoisotopic (exact) mass is 265 g/mol. The quantitative estimate of drug-likeness (QED) is 0.856. The van der Waals surface area contributed by atoms with E-state index in [-0.39, 0.29) is 5.82 Å². The van der Waals surface area contributed by atoms with Crippen LogP contribution in [0.5, 0.6) is 0 Å². The van der Waals surface area contributed by atoms with Gasteiger partial charge in [0, 0.05) is 18.2 Å². The van der Waals surface area contributed by atoms with Crippen LogP contribution in [0.3, 0.4) is 0 Å². The van der Waals surface area contributed by atoms with E-state index in [1.54, 1.807) is 12.1 Å². The maximum atomic E-state index is 13.2. The first-order valence-corrected chi connectivity index (χ1v) is 6.03. The van der Waals surface area contributed by atoms with Crippen molar-refractivity contribution >= 4 is 23.1 Å². The van der Waals surface area contributed by atoms with E-state index < -0.39 is 0 Å². The van der Waals surface area contributed by atoms with Crippen LogP contribution in [0.2, 0.25) is 5.15 Å². The molecular weight excluding hydrogens is 253 g/mol. The van der Waals surface area contributed by atoms with Crippen LogP contribution in [-0.2, 0) is 6.42 Å². The molecule has 2 rings (SSSR count). The Morgan fingerprint density at radius 1 is 1.28 bits per heavy atom. The van der Waals surface area contributed by atoms with Crippen molar-refractivity contribution in [3.05, 3.63) is 46.6 Å². The summed E-state index contributed by atoms with van der Waals surface area (Å²) in [7, 11) is 0. The second-order valence-electron chi connectivity index (χ2n) is 3.93. The third-order valence-corrected chi connectivity index (χ3v) is 2.71. The molecule has 1 N–H and O–H groups in total. The number of benzene rings is 1. The van der Waals surface area contributed by atoms with E-state index in [9.17, 15) is 4.39 Å². The molecular formula is C13H13ClFN3. The zero-order valence-corrected chi connectivity index (χ0v) is 10.9. The van der Waals surface area contributed by atoms with Gasteiger partial charge in [0.15, 0.2) is 0 Å². The third-order valence-electron chi connectivity index (χ3n) is 2.52. The molecule has 0 aliphatic heterocycles. The molecule has 0 aliphatic rings. The molecule has 2 aromatic rings. The summed E-state index contributed by atoms with van der Waals surface area (Å²) >= 11 is 5.90. The minimum absolute atomic E-state index is 0.293. The van der Waals surface area contributed by atoms with Crippen LogP contribution < -0.4 is 5.32 Å². The van der Waals surface area contributed by atoms with Crippen LogP contribution >= 0.6 is 11.6 Å². The first-order chi connectivity index (χ1) is 8.58. The second-order valence-corrected chi connectivity index (χ2v) is 4.32. The lowest BCUT2D eigenvalue weighted by molar-refractivity contribution is 0.628. The highest BCUT2D eigenvalue weighted by atomic mass is 35.5. The number of anilines is 2. The SMILES string of the molecule is CCc1nc(Cl)cc(Nc2cc(F)ccc2C)n1. The van der Waals surface area contributed by atoms with Crippen LogP contribution in [0.15, 0.2) is 24.3 Å². The standard InChI is InChI=1S/C13H13ClFN3/c1-3-12-17-11(14)7-13(18-12)16-10-6-9(15)5-4-8(10)2/h4-7H,3H2,1-2H3,(H,16,17,18). The number of hydrogen-bond acceptors (Lipinski definition) is 3. The highest BCUT2D eigenvalue weighted by Crippen LogP contribution is 2.21. The first kappa shape index (κ1) is 12.8. The van der Waals surface area contributed by atoms with Gasteiger partial charge in [0.1, 0.15) is 22.6 Å². The number of aryl methyl sites for hydroxylation is 2. The molecule has 0 saturated carbocycles. The molecule has 94 valence electrons. The summed E-state index contributed by atoms with van der Waals surface area (Å²) in [6.45, 7) is 3.84. The topological polar surface area (TPSA) is 37.8 Å². The number of halogens is 2. The lowest BCUT2D eigenvalue weighted by Gasteiger charge is -2.10. The molecule has 0 aliphatic carbocycles. The normalized spacial score (nSPS) is 10.4. The van der Waals surface area contributed by atoms with Crippen LogP contribution in [0.4, 0.5) is 15.9 Å². The molecule has 0 radical (unpaired) electrons. The Balaban J connectivity index is 2.33. The number of hydrogen-bond donors (Lipinski definition) is 1. The van der Waals surface area contributed by atoms with Gasteiger partial charge < -0.3 is 5.32 Å². The van der Waals surface area contributed by atoms with Gasteiger partial charge in [0.2, 0.25) is 0 Å². The Morgan fingerprint density at radius 2 is 2.06 bits per heavy atom. The summed E-state index contributed by atoms with van der Waals surface area (Å²) < 4.78 is 13.2. The molecule has 18 heavy (non-hydrogen) atoms. The largest absolute Gasteiger partial charge is 0.340 e. The lowest BCUT2D eigenvalue weighted by Crippen LogP contribution is -2.01. The predicted molar refractivity (Wildman–Crippen MR) is 70.8 cm³/mol. The van der Waals surface area contributed by atoms with E-state index in [1.807, 2.05) is 13.8 Å². The zero-order valence-electron chi connectivity index (χ0n) is 10.2. The number of nitrogens with one attached hydrogen (secondary N) is 1. The van der Waals surface area contributed by atoms with Crippen molar-refractivity contribution in [1.29, 1.82) is 0 Å². The molecule has 0 atom stereocenters. The van der Waals surface area contributed by atoms with Crippen molar-refractivity contribution in [2.75, 3.05) is 5.32 Å². The molecule has 0 fully saturated rings. The minimum Gasteiger partial charge on any atom is -0.340 e. The fourth-order valence-corrected chi connectivity index (χ4v) is 1.75. The van der Waals surface area contributed by atoms with Crippen LogP contribution in [0, 0.1) is 12.7 Å². The van der Waals surface area contributed by atoms with E-state index in [0.717, 1.165) is 5.56 Å². The molecule has 1 heterocycles. The molecule has 0 amide bonds. The first-order valence-electron chi connectivity index (χ1n) is 5.65. The Morgan fingerprint density at radius 3 is 2.78 bits per heavy atom. The highest BCUT2D eigenvalue weighted by Gasteiger charge is 2.05. The van der Waals surface area contributed by atoms with Crippen molar-refractivity contribution < 1.29 is 4.39 Å². The van der Waals surface area contributed by atoms with Crippen molar-refractivity contribution in [1.82, 2.24) is 9.97 Å². The molecule has 1 aromatic heterocycles. The molecule has 0 unspecified atom stereocenters. The summed E-state index contributed by atoms with van der Waals surface area (Å²) in [4.78, 5) is 8.36. The number of nitrogens with zero attached hydrogens (tertiary/aromatic N) is 2. The Bertz CT molecular complexity index is 572. The van der Waals surface area contributed by atoms with Gasteiger partial charge in [0.25, 0.3) is 0 Å². The predicted octanol–water partition coefficient (Wildman–Crippen LogP) is 3.88. The maximum Gasteiger partial charge on any atom is 0.135 e. The summed E-state index contributed by atoms with van der Waals surface area (Å²) in [5, 5.41) is 3.43. The van der Waals surface area contributed by atoms with Gasteiger partial charge in [0.05, 0.1) is 0 Å². The average Bonchev–Trinajstić information content (AvgIpc) is 2.33. The van der Waals surface area contributed by atoms with Crippen molar-refractivity contribution in [3.63, 3.8) is 0 Å².